The molecule has 0 spiro atoms. The monoisotopic (exact) mass is 232 g/mol. The van der Waals surface area contributed by atoms with Crippen molar-refractivity contribution in [1.29, 1.82) is 0 Å². The lowest BCUT2D eigenvalue weighted by molar-refractivity contribution is -0.135. The summed E-state index contributed by atoms with van der Waals surface area (Å²) in [5.74, 6) is 5.29. The largest absolute Gasteiger partial charge is 0.283 e. The summed E-state index contributed by atoms with van der Waals surface area (Å²) in [6, 6.07) is 3.64. The van der Waals surface area contributed by atoms with Gasteiger partial charge in [0.2, 0.25) is 5.91 Å². The number of nitrogens with zero attached hydrogens (tertiary/aromatic N) is 1. The Kier molecular flexibility index (Phi) is 3.19. The van der Waals surface area contributed by atoms with Crippen molar-refractivity contribution < 1.29 is 4.79 Å². The van der Waals surface area contributed by atoms with Crippen LogP contribution in [0.15, 0.2) is 12.1 Å². The first-order valence-corrected chi connectivity index (χ1v) is 5.34. The van der Waals surface area contributed by atoms with Crippen LogP contribution in [0.3, 0.4) is 0 Å². The molecule has 1 heterocycles. The van der Waals surface area contributed by atoms with Crippen LogP contribution in [0.2, 0.25) is 4.34 Å². The van der Waals surface area contributed by atoms with Gasteiger partial charge in [0, 0.05) is 11.9 Å². The van der Waals surface area contributed by atoms with E-state index in [-0.39, 0.29) is 5.91 Å². The standard InChI is InChI=1S/C9H13ClN2OS/c1-9(2,8(13)12(3)11)6-4-5-7(10)14-6/h4-5H,11H2,1-3H3. The second kappa shape index (κ2) is 3.88. The Morgan fingerprint density at radius 2 is 2.14 bits per heavy atom. The van der Waals surface area contributed by atoms with Crippen LogP contribution in [0.5, 0.6) is 0 Å². The lowest BCUT2D eigenvalue weighted by Crippen LogP contribution is -2.44. The molecule has 0 unspecified atom stereocenters. The lowest BCUT2D eigenvalue weighted by Gasteiger charge is -2.25. The second-order valence-corrected chi connectivity index (χ2v) is 5.36. The average Bonchev–Trinajstić information content (AvgIpc) is 2.50. The zero-order valence-corrected chi connectivity index (χ0v) is 9.95. The highest BCUT2D eigenvalue weighted by Crippen LogP contribution is 2.33. The van der Waals surface area contributed by atoms with Gasteiger partial charge in [-0.1, -0.05) is 11.6 Å². The van der Waals surface area contributed by atoms with Gasteiger partial charge in [-0.3, -0.25) is 9.80 Å². The third-order valence-electron chi connectivity index (χ3n) is 2.04. The van der Waals surface area contributed by atoms with Gasteiger partial charge in [-0.25, -0.2) is 5.84 Å². The molecule has 1 aromatic heterocycles. The molecule has 14 heavy (non-hydrogen) atoms. The molecule has 1 amide bonds. The van der Waals surface area contributed by atoms with Crippen LogP contribution in [-0.2, 0) is 10.2 Å². The molecule has 0 aromatic carbocycles. The van der Waals surface area contributed by atoms with Gasteiger partial charge < -0.3 is 0 Å². The number of halogens is 1. The molecule has 0 atom stereocenters. The van der Waals surface area contributed by atoms with E-state index >= 15 is 0 Å². The molecule has 1 aromatic rings. The van der Waals surface area contributed by atoms with Crippen LogP contribution >= 0.6 is 22.9 Å². The molecule has 0 radical (unpaired) electrons. The molecular weight excluding hydrogens is 220 g/mol. The summed E-state index contributed by atoms with van der Waals surface area (Å²) >= 11 is 7.22. The normalized spacial score (nSPS) is 11.5. The fraction of sp³-hybridized carbons (Fsp3) is 0.444. The third-order valence-corrected chi connectivity index (χ3v) is 3.60. The molecular formula is C9H13ClN2OS. The van der Waals surface area contributed by atoms with Gasteiger partial charge in [0.05, 0.1) is 9.75 Å². The first-order valence-electron chi connectivity index (χ1n) is 4.14. The van der Waals surface area contributed by atoms with Crippen LogP contribution in [0, 0.1) is 0 Å². The number of amides is 1. The maximum Gasteiger partial charge on any atom is 0.247 e. The average molecular weight is 233 g/mol. The number of carbonyl (C=O) groups excluding carboxylic acids is 1. The van der Waals surface area contributed by atoms with Crippen molar-refractivity contribution in [2.75, 3.05) is 7.05 Å². The van der Waals surface area contributed by atoms with Crippen LogP contribution in [0.25, 0.3) is 0 Å². The summed E-state index contributed by atoms with van der Waals surface area (Å²) in [6.07, 6.45) is 0. The number of carbonyl (C=O) groups is 1. The maximum atomic E-state index is 11.7. The number of rotatable bonds is 2. The predicted molar refractivity (Wildman–Crippen MR) is 59.3 cm³/mol. The quantitative estimate of drug-likeness (QED) is 0.482. The Morgan fingerprint density at radius 3 is 2.50 bits per heavy atom. The number of hydrogen-bond donors (Lipinski definition) is 1. The molecule has 0 saturated carbocycles. The second-order valence-electron chi connectivity index (χ2n) is 3.64. The Bertz CT molecular complexity index is 346. The highest BCUT2D eigenvalue weighted by Gasteiger charge is 2.32. The minimum Gasteiger partial charge on any atom is -0.283 e. The van der Waals surface area contributed by atoms with E-state index in [1.807, 2.05) is 19.9 Å². The summed E-state index contributed by atoms with van der Waals surface area (Å²) in [5, 5.41) is 1.10. The van der Waals surface area contributed by atoms with Crippen LogP contribution in [0.4, 0.5) is 0 Å². The minimum absolute atomic E-state index is 0.129. The summed E-state index contributed by atoms with van der Waals surface area (Å²) in [4.78, 5) is 12.7. The van der Waals surface area contributed by atoms with Crippen molar-refractivity contribution in [2.45, 2.75) is 19.3 Å². The summed E-state index contributed by atoms with van der Waals surface area (Å²) in [5.41, 5.74) is -0.610. The van der Waals surface area contributed by atoms with Crippen molar-refractivity contribution in [3.05, 3.63) is 21.3 Å². The number of nitrogens with two attached hydrogens (primary N) is 1. The molecule has 0 aliphatic carbocycles. The first kappa shape index (κ1) is 11.5. The topological polar surface area (TPSA) is 46.3 Å². The van der Waals surface area contributed by atoms with E-state index in [0.717, 1.165) is 9.89 Å². The number of hydrazine groups is 1. The van der Waals surface area contributed by atoms with E-state index in [1.54, 1.807) is 13.1 Å². The molecule has 1 rings (SSSR count). The van der Waals surface area contributed by atoms with Crippen molar-refractivity contribution in [3.8, 4) is 0 Å². The van der Waals surface area contributed by atoms with Gasteiger partial charge in [-0.05, 0) is 26.0 Å². The third kappa shape index (κ3) is 2.08. The van der Waals surface area contributed by atoms with E-state index in [1.165, 1.54) is 11.3 Å². The fourth-order valence-corrected chi connectivity index (χ4v) is 2.33. The Morgan fingerprint density at radius 1 is 1.57 bits per heavy atom. The first-order chi connectivity index (χ1) is 6.35. The Balaban J connectivity index is 3.01. The van der Waals surface area contributed by atoms with E-state index in [9.17, 15) is 4.79 Å². The highest BCUT2D eigenvalue weighted by atomic mass is 35.5. The molecule has 3 nitrogen and oxygen atoms in total. The van der Waals surface area contributed by atoms with E-state index in [0.29, 0.717) is 4.34 Å². The van der Waals surface area contributed by atoms with Gasteiger partial charge in [0.1, 0.15) is 0 Å². The van der Waals surface area contributed by atoms with Gasteiger partial charge >= 0.3 is 0 Å². The highest BCUT2D eigenvalue weighted by molar-refractivity contribution is 7.16. The molecule has 0 bridgehead atoms. The summed E-state index contributed by atoms with van der Waals surface area (Å²) in [6.45, 7) is 3.67. The van der Waals surface area contributed by atoms with Gasteiger partial charge in [0.25, 0.3) is 0 Å². The molecule has 5 heteroatoms. The molecule has 0 aliphatic rings. The van der Waals surface area contributed by atoms with Crippen molar-refractivity contribution in [2.24, 2.45) is 5.84 Å². The molecule has 2 N–H and O–H groups in total. The zero-order valence-electron chi connectivity index (χ0n) is 8.37. The fourth-order valence-electron chi connectivity index (χ4n) is 1.20. The molecule has 78 valence electrons. The zero-order chi connectivity index (χ0) is 10.9. The molecule has 0 saturated heterocycles. The van der Waals surface area contributed by atoms with E-state index in [2.05, 4.69) is 0 Å². The number of hydrogen-bond acceptors (Lipinski definition) is 3. The minimum atomic E-state index is -0.610. The van der Waals surface area contributed by atoms with E-state index in [4.69, 9.17) is 17.4 Å². The predicted octanol–water partition coefficient (Wildman–Crippen LogP) is 2.01. The van der Waals surface area contributed by atoms with Crippen molar-refractivity contribution >= 4 is 28.8 Å². The van der Waals surface area contributed by atoms with Crippen molar-refractivity contribution in [1.82, 2.24) is 5.01 Å². The SMILES string of the molecule is CN(N)C(=O)C(C)(C)c1ccc(Cl)s1. The lowest BCUT2D eigenvalue weighted by atomic mass is 9.90. The molecule has 0 fully saturated rings. The number of thiophene rings is 1. The number of likely N-dealkylation sites (N-methyl/N-ethyl adjacent to an activating group) is 1. The maximum absolute atomic E-state index is 11.7. The van der Waals surface area contributed by atoms with Gasteiger partial charge in [-0.15, -0.1) is 11.3 Å². The van der Waals surface area contributed by atoms with E-state index < -0.39 is 5.41 Å². The summed E-state index contributed by atoms with van der Waals surface area (Å²) in [7, 11) is 1.54. The van der Waals surface area contributed by atoms with Crippen LogP contribution in [0.1, 0.15) is 18.7 Å². The van der Waals surface area contributed by atoms with Gasteiger partial charge in [0.15, 0.2) is 0 Å². The van der Waals surface area contributed by atoms with Crippen LogP contribution < -0.4 is 5.84 Å². The van der Waals surface area contributed by atoms with Crippen LogP contribution in [-0.4, -0.2) is 18.0 Å². The Hall–Kier alpha value is -0.580. The summed E-state index contributed by atoms with van der Waals surface area (Å²) < 4.78 is 0.681. The Labute approximate surface area is 92.4 Å². The van der Waals surface area contributed by atoms with Gasteiger partial charge in [-0.2, -0.15) is 0 Å². The molecule has 0 aliphatic heterocycles. The van der Waals surface area contributed by atoms with Crippen molar-refractivity contribution in [3.63, 3.8) is 0 Å². The smallest absolute Gasteiger partial charge is 0.247 e.